The van der Waals surface area contributed by atoms with Crippen LogP contribution in [0.2, 0.25) is 0 Å². The Labute approximate surface area is 128 Å². The average molecular weight is 303 g/mol. The molecule has 108 valence electrons. The topological polar surface area (TPSA) is 58.2 Å². The number of alkyl halides is 1. The van der Waals surface area contributed by atoms with Crippen LogP contribution in [-0.2, 0) is 4.79 Å². The summed E-state index contributed by atoms with van der Waals surface area (Å²) in [5, 5.41) is 5.45. The Kier molecular flexibility index (Phi) is 4.95. The molecule has 0 fully saturated rings. The highest BCUT2D eigenvalue weighted by atomic mass is 35.5. The fourth-order valence-corrected chi connectivity index (χ4v) is 1.97. The van der Waals surface area contributed by atoms with Crippen LogP contribution in [0.15, 0.2) is 48.5 Å². The third-order valence-corrected chi connectivity index (χ3v) is 3.20. The first-order valence-electron chi connectivity index (χ1n) is 6.43. The Morgan fingerprint density at radius 1 is 0.952 bits per heavy atom. The molecule has 0 saturated carbocycles. The van der Waals surface area contributed by atoms with Crippen LogP contribution in [0.1, 0.15) is 15.9 Å². The summed E-state index contributed by atoms with van der Waals surface area (Å²) < 4.78 is 0. The molecule has 0 aliphatic rings. The van der Waals surface area contributed by atoms with Crippen molar-refractivity contribution in [3.05, 3.63) is 59.7 Å². The lowest BCUT2D eigenvalue weighted by atomic mass is 10.1. The monoisotopic (exact) mass is 302 g/mol. The zero-order chi connectivity index (χ0) is 15.2. The van der Waals surface area contributed by atoms with Gasteiger partial charge in [-0.15, -0.1) is 11.6 Å². The lowest BCUT2D eigenvalue weighted by Gasteiger charge is -2.12. The number of carbonyl (C=O) groups excluding carboxylic acids is 2. The molecule has 2 aromatic carbocycles. The fraction of sp³-hybridized carbons (Fsp3) is 0.125. The quantitative estimate of drug-likeness (QED) is 0.850. The summed E-state index contributed by atoms with van der Waals surface area (Å²) in [5.41, 5.74) is 2.53. The molecule has 0 heterocycles. The first-order valence-corrected chi connectivity index (χ1v) is 6.97. The number of benzene rings is 2. The van der Waals surface area contributed by atoms with E-state index in [0.29, 0.717) is 16.9 Å². The number of nitrogens with one attached hydrogen (secondary N) is 2. The maximum Gasteiger partial charge on any atom is 0.255 e. The molecule has 0 saturated heterocycles. The maximum atomic E-state index is 12.3. The van der Waals surface area contributed by atoms with Crippen LogP contribution < -0.4 is 10.6 Å². The molecule has 0 bridgehead atoms. The molecule has 2 amide bonds. The summed E-state index contributed by atoms with van der Waals surface area (Å²) in [7, 11) is 0. The second-order valence-electron chi connectivity index (χ2n) is 4.50. The van der Waals surface area contributed by atoms with E-state index in [-0.39, 0.29) is 17.7 Å². The summed E-state index contributed by atoms with van der Waals surface area (Å²) >= 11 is 5.48. The number of carbonyl (C=O) groups is 2. The summed E-state index contributed by atoms with van der Waals surface area (Å²) in [5.74, 6) is -0.685. The number of hydrogen-bond acceptors (Lipinski definition) is 2. The standard InChI is InChI=1S/C16H15ClN2O2/c1-11-6-2-3-7-12(11)16(21)19-14-9-5-4-8-13(14)18-15(20)10-17/h2-9H,10H2,1H3,(H,18,20)(H,19,21). The van der Waals surface area contributed by atoms with E-state index in [1.54, 1.807) is 30.3 Å². The molecule has 0 spiro atoms. The molecule has 0 atom stereocenters. The number of anilines is 2. The minimum absolute atomic E-state index is 0.139. The van der Waals surface area contributed by atoms with Crippen molar-refractivity contribution in [2.45, 2.75) is 6.92 Å². The van der Waals surface area contributed by atoms with Gasteiger partial charge in [-0.1, -0.05) is 30.3 Å². The van der Waals surface area contributed by atoms with E-state index in [0.717, 1.165) is 5.56 Å². The number of para-hydroxylation sites is 2. The molecule has 0 aromatic heterocycles. The van der Waals surface area contributed by atoms with E-state index in [2.05, 4.69) is 10.6 Å². The van der Waals surface area contributed by atoms with Gasteiger partial charge in [-0.2, -0.15) is 0 Å². The Morgan fingerprint density at radius 2 is 1.52 bits per heavy atom. The van der Waals surface area contributed by atoms with E-state index >= 15 is 0 Å². The molecule has 2 N–H and O–H groups in total. The third kappa shape index (κ3) is 3.83. The maximum absolute atomic E-state index is 12.3. The average Bonchev–Trinajstić information content (AvgIpc) is 2.49. The largest absolute Gasteiger partial charge is 0.323 e. The SMILES string of the molecule is Cc1ccccc1C(=O)Nc1ccccc1NC(=O)CCl. The lowest BCUT2D eigenvalue weighted by Crippen LogP contribution is -2.17. The number of amides is 2. The second-order valence-corrected chi connectivity index (χ2v) is 4.76. The predicted octanol–water partition coefficient (Wildman–Crippen LogP) is 3.42. The minimum atomic E-state index is -0.325. The van der Waals surface area contributed by atoms with Crippen LogP contribution in [0.3, 0.4) is 0 Å². The van der Waals surface area contributed by atoms with Crippen molar-refractivity contribution in [1.82, 2.24) is 0 Å². The van der Waals surface area contributed by atoms with Gasteiger partial charge in [0, 0.05) is 5.56 Å². The fourth-order valence-electron chi connectivity index (χ4n) is 1.90. The number of halogens is 1. The van der Waals surface area contributed by atoms with Crippen molar-refractivity contribution < 1.29 is 9.59 Å². The Hall–Kier alpha value is -2.33. The highest BCUT2D eigenvalue weighted by Crippen LogP contribution is 2.22. The van der Waals surface area contributed by atoms with Gasteiger partial charge in [0.1, 0.15) is 5.88 Å². The molecular formula is C16H15ClN2O2. The van der Waals surface area contributed by atoms with E-state index in [1.807, 2.05) is 25.1 Å². The van der Waals surface area contributed by atoms with Crippen LogP contribution in [0, 0.1) is 6.92 Å². The van der Waals surface area contributed by atoms with Crippen molar-refractivity contribution in [2.24, 2.45) is 0 Å². The van der Waals surface area contributed by atoms with Gasteiger partial charge in [0.2, 0.25) is 5.91 Å². The Bertz CT molecular complexity index is 671. The molecule has 21 heavy (non-hydrogen) atoms. The van der Waals surface area contributed by atoms with Crippen molar-refractivity contribution in [1.29, 1.82) is 0 Å². The van der Waals surface area contributed by atoms with Gasteiger partial charge in [0.25, 0.3) is 5.91 Å². The summed E-state index contributed by atoms with van der Waals surface area (Å²) in [6.45, 7) is 1.87. The second kappa shape index (κ2) is 6.90. The molecule has 0 unspecified atom stereocenters. The minimum Gasteiger partial charge on any atom is -0.323 e. The van der Waals surface area contributed by atoms with E-state index in [1.165, 1.54) is 0 Å². The van der Waals surface area contributed by atoms with E-state index in [4.69, 9.17) is 11.6 Å². The Morgan fingerprint density at radius 3 is 2.14 bits per heavy atom. The summed E-state index contributed by atoms with van der Waals surface area (Å²) in [6, 6.07) is 14.3. The van der Waals surface area contributed by atoms with Crippen molar-refractivity contribution in [3.8, 4) is 0 Å². The highest BCUT2D eigenvalue weighted by molar-refractivity contribution is 6.29. The first kappa shape index (κ1) is 15.1. The molecule has 0 aliphatic heterocycles. The van der Waals surface area contributed by atoms with Gasteiger partial charge in [-0.05, 0) is 30.7 Å². The summed E-state index contributed by atoms with van der Waals surface area (Å²) in [4.78, 5) is 23.7. The van der Waals surface area contributed by atoms with E-state index < -0.39 is 0 Å². The van der Waals surface area contributed by atoms with Gasteiger partial charge in [-0.3, -0.25) is 9.59 Å². The van der Waals surface area contributed by atoms with Crippen molar-refractivity contribution in [2.75, 3.05) is 16.5 Å². The highest BCUT2D eigenvalue weighted by Gasteiger charge is 2.11. The molecule has 0 aliphatic carbocycles. The lowest BCUT2D eigenvalue weighted by molar-refractivity contribution is -0.113. The molecule has 2 aromatic rings. The predicted molar refractivity (Wildman–Crippen MR) is 84.9 cm³/mol. The van der Waals surface area contributed by atoms with Gasteiger partial charge in [-0.25, -0.2) is 0 Å². The van der Waals surface area contributed by atoms with Gasteiger partial charge in [0.05, 0.1) is 11.4 Å². The van der Waals surface area contributed by atoms with Crippen molar-refractivity contribution in [3.63, 3.8) is 0 Å². The normalized spacial score (nSPS) is 10.0. The van der Waals surface area contributed by atoms with Crippen LogP contribution in [0.5, 0.6) is 0 Å². The van der Waals surface area contributed by atoms with E-state index in [9.17, 15) is 9.59 Å². The number of hydrogen-bond donors (Lipinski definition) is 2. The molecular weight excluding hydrogens is 288 g/mol. The first-order chi connectivity index (χ1) is 10.1. The van der Waals surface area contributed by atoms with Crippen LogP contribution in [0.25, 0.3) is 0 Å². The third-order valence-electron chi connectivity index (χ3n) is 2.96. The molecule has 2 rings (SSSR count). The Balaban J connectivity index is 2.22. The van der Waals surface area contributed by atoms with Gasteiger partial charge in [0.15, 0.2) is 0 Å². The van der Waals surface area contributed by atoms with Crippen LogP contribution in [-0.4, -0.2) is 17.7 Å². The number of rotatable bonds is 4. The molecule has 5 heteroatoms. The zero-order valence-corrected chi connectivity index (χ0v) is 12.3. The smallest absolute Gasteiger partial charge is 0.255 e. The van der Waals surface area contributed by atoms with Crippen LogP contribution >= 0.6 is 11.6 Å². The zero-order valence-electron chi connectivity index (χ0n) is 11.5. The molecule has 4 nitrogen and oxygen atoms in total. The summed E-state index contributed by atoms with van der Waals surface area (Å²) in [6.07, 6.45) is 0. The van der Waals surface area contributed by atoms with Crippen LogP contribution in [0.4, 0.5) is 11.4 Å². The van der Waals surface area contributed by atoms with Gasteiger partial charge < -0.3 is 10.6 Å². The van der Waals surface area contributed by atoms with Crippen molar-refractivity contribution >= 4 is 34.8 Å². The molecule has 0 radical (unpaired) electrons. The van der Waals surface area contributed by atoms with Gasteiger partial charge >= 0.3 is 0 Å². The number of aryl methyl sites for hydroxylation is 1.